The molecule has 0 aromatic rings. The van der Waals surface area contributed by atoms with Gasteiger partial charge in [-0.1, -0.05) is 27.7 Å². The maximum Gasteiger partial charge on any atom is 0.188 e. The number of guanidine groups is 1. The van der Waals surface area contributed by atoms with Gasteiger partial charge in [0.2, 0.25) is 0 Å². The second-order valence-electron chi connectivity index (χ2n) is 6.64. The van der Waals surface area contributed by atoms with Crippen LogP contribution in [0.3, 0.4) is 0 Å². The first-order chi connectivity index (χ1) is 8.97. The van der Waals surface area contributed by atoms with E-state index in [-0.39, 0.29) is 24.0 Å². The molecule has 1 saturated heterocycles. The van der Waals surface area contributed by atoms with Crippen LogP contribution in [0.4, 0.5) is 0 Å². The lowest BCUT2D eigenvalue weighted by atomic mass is 10.1. The minimum absolute atomic E-state index is 0. The molecule has 0 aromatic heterocycles. The van der Waals surface area contributed by atoms with Crippen LogP contribution < -0.4 is 11.1 Å². The number of nitrogens with two attached hydrogens (primary N) is 1. The summed E-state index contributed by atoms with van der Waals surface area (Å²) < 4.78 is 0. The summed E-state index contributed by atoms with van der Waals surface area (Å²) in [5.41, 5.74) is 5.88. The van der Waals surface area contributed by atoms with Gasteiger partial charge in [-0.2, -0.15) is 0 Å². The van der Waals surface area contributed by atoms with Gasteiger partial charge in [0.25, 0.3) is 0 Å². The van der Waals surface area contributed by atoms with E-state index < -0.39 is 0 Å². The summed E-state index contributed by atoms with van der Waals surface area (Å²) in [6.07, 6.45) is 2.40. The van der Waals surface area contributed by atoms with Gasteiger partial charge in [-0.3, -0.25) is 4.99 Å². The zero-order valence-corrected chi connectivity index (χ0v) is 15.9. The number of likely N-dealkylation sites (tertiary alicyclic amines) is 1. The fraction of sp³-hybridized carbons (Fsp3) is 0.933. The summed E-state index contributed by atoms with van der Waals surface area (Å²) in [4.78, 5) is 7.02. The van der Waals surface area contributed by atoms with Crippen molar-refractivity contribution in [2.45, 2.75) is 40.5 Å². The van der Waals surface area contributed by atoms with Gasteiger partial charge >= 0.3 is 0 Å². The monoisotopic (exact) mass is 396 g/mol. The van der Waals surface area contributed by atoms with Gasteiger partial charge in [0.1, 0.15) is 0 Å². The van der Waals surface area contributed by atoms with E-state index in [0.29, 0.717) is 17.8 Å². The zero-order chi connectivity index (χ0) is 14.3. The summed E-state index contributed by atoms with van der Waals surface area (Å²) in [5.74, 6) is 2.76. The molecule has 0 aromatic carbocycles. The van der Waals surface area contributed by atoms with Crippen molar-refractivity contribution < 1.29 is 0 Å². The summed E-state index contributed by atoms with van der Waals surface area (Å²) in [7, 11) is 0. The molecule has 0 aliphatic carbocycles. The Balaban J connectivity index is 0.00000361. The molecule has 120 valence electrons. The highest BCUT2D eigenvalue weighted by atomic mass is 127. The Hall–Kier alpha value is -0.0400. The van der Waals surface area contributed by atoms with Crippen molar-refractivity contribution in [2.24, 2.45) is 28.5 Å². The van der Waals surface area contributed by atoms with E-state index in [1.807, 2.05) is 0 Å². The molecule has 0 bridgehead atoms. The Bertz CT molecular complexity index is 279. The molecule has 0 spiro atoms. The van der Waals surface area contributed by atoms with E-state index in [0.717, 1.165) is 25.4 Å². The van der Waals surface area contributed by atoms with Crippen molar-refractivity contribution in [1.82, 2.24) is 10.2 Å². The number of hydrogen-bond acceptors (Lipinski definition) is 2. The van der Waals surface area contributed by atoms with Crippen LogP contribution in [-0.2, 0) is 0 Å². The van der Waals surface area contributed by atoms with Crippen molar-refractivity contribution in [2.75, 3.05) is 32.7 Å². The van der Waals surface area contributed by atoms with E-state index in [4.69, 9.17) is 5.73 Å². The molecule has 1 heterocycles. The predicted octanol–water partition coefficient (Wildman–Crippen LogP) is 2.53. The van der Waals surface area contributed by atoms with Crippen LogP contribution in [0.25, 0.3) is 0 Å². The van der Waals surface area contributed by atoms with E-state index in [2.05, 4.69) is 42.9 Å². The predicted molar refractivity (Wildman–Crippen MR) is 98.7 cm³/mol. The van der Waals surface area contributed by atoms with E-state index in [1.165, 1.54) is 26.1 Å². The number of halogens is 1. The first-order valence-electron chi connectivity index (χ1n) is 7.73. The number of nitrogens with zero attached hydrogens (tertiary/aromatic N) is 2. The van der Waals surface area contributed by atoms with Gasteiger partial charge in [-0.05, 0) is 37.1 Å². The van der Waals surface area contributed by atoms with Gasteiger partial charge in [-0.25, -0.2) is 0 Å². The molecular formula is C15H33IN4. The van der Waals surface area contributed by atoms with Crippen molar-refractivity contribution in [3.8, 4) is 0 Å². The molecule has 1 aliphatic rings. The van der Waals surface area contributed by atoms with Crippen LogP contribution >= 0.6 is 24.0 Å². The second-order valence-corrected chi connectivity index (χ2v) is 6.64. The molecule has 0 amide bonds. The number of aliphatic imine (C=N–C) groups is 1. The molecule has 5 heteroatoms. The fourth-order valence-corrected chi connectivity index (χ4v) is 2.52. The molecule has 1 atom stereocenters. The van der Waals surface area contributed by atoms with Crippen molar-refractivity contribution >= 4 is 29.9 Å². The minimum atomic E-state index is 0. The third kappa shape index (κ3) is 9.00. The van der Waals surface area contributed by atoms with Crippen LogP contribution in [-0.4, -0.2) is 43.6 Å². The molecule has 1 unspecified atom stereocenters. The molecular weight excluding hydrogens is 363 g/mol. The molecule has 1 aliphatic heterocycles. The lowest BCUT2D eigenvalue weighted by molar-refractivity contribution is 0.288. The van der Waals surface area contributed by atoms with E-state index in [1.54, 1.807) is 0 Å². The Morgan fingerprint density at radius 2 is 2.00 bits per heavy atom. The number of nitrogens with one attached hydrogen (secondary N) is 1. The first-order valence-corrected chi connectivity index (χ1v) is 7.73. The number of hydrogen-bond donors (Lipinski definition) is 2. The SMILES string of the molecule is CC(C)CCNC(N)=NCC1CCN(CC(C)C)C1.I. The van der Waals surface area contributed by atoms with Gasteiger partial charge in [0.15, 0.2) is 5.96 Å². The molecule has 4 nitrogen and oxygen atoms in total. The lowest BCUT2D eigenvalue weighted by Crippen LogP contribution is -2.33. The Morgan fingerprint density at radius 1 is 1.30 bits per heavy atom. The first kappa shape index (κ1) is 20.0. The highest BCUT2D eigenvalue weighted by Gasteiger charge is 2.22. The second kappa shape index (κ2) is 10.7. The minimum Gasteiger partial charge on any atom is -0.370 e. The molecule has 0 saturated carbocycles. The van der Waals surface area contributed by atoms with Crippen molar-refractivity contribution in [3.63, 3.8) is 0 Å². The maximum absolute atomic E-state index is 5.88. The standard InChI is InChI=1S/C15H32N4.HI/c1-12(2)5-7-17-15(16)18-9-14-6-8-19(11-14)10-13(3)4;/h12-14H,5-11H2,1-4H3,(H3,16,17,18);1H. The highest BCUT2D eigenvalue weighted by Crippen LogP contribution is 2.17. The number of rotatable bonds is 7. The zero-order valence-electron chi connectivity index (χ0n) is 13.6. The summed E-state index contributed by atoms with van der Waals surface area (Å²) in [6, 6.07) is 0. The summed E-state index contributed by atoms with van der Waals surface area (Å²) in [6.45, 7) is 14.4. The summed E-state index contributed by atoms with van der Waals surface area (Å²) >= 11 is 0. The normalized spacial score (nSPS) is 20.5. The van der Waals surface area contributed by atoms with Crippen LogP contribution in [0.15, 0.2) is 4.99 Å². The topological polar surface area (TPSA) is 53.6 Å². The Kier molecular flexibility index (Phi) is 10.6. The third-order valence-electron chi connectivity index (χ3n) is 3.54. The van der Waals surface area contributed by atoms with Crippen LogP contribution in [0.1, 0.15) is 40.5 Å². The van der Waals surface area contributed by atoms with Crippen LogP contribution in [0, 0.1) is 17.8 Å². The van der Waals surface area contributed by atoms with Gasteiger partial charge in [-0.15, -0.1) is 24.0 Å². The third-order valence-corrected chi connectivity index (χ3v) is 3.54. The van der Waals surface area contributed by atoms with E-state index in [9.17, 15) is 0 Å². The average Bonchev–Trinajstić information content (AvgIpc) is 2.72. The van der Waals surface area contributed by atoms with Crippen molar-refractivity contribution in [1.29, 1.82) is 0 Å². The van der Waals surface area contributed by atoms with Crippen LogP contribution in [0.2, 0.25) is 0 Å². The molecule has 1 fully saturated rings. The molecule has 0 radical (unpaired) electrons. The largest absolute Gasteiger partial charge is 0.370 e. The van der Waals surface area contributed by atoms with Gasteiger partial charge in [0.05, 0.1) is 0 Å². The fourth-order valence-electron chi connectivity index (χ4n) is 2.52. The molecule has 3 N–H and O–H groups in total. The van der Waals surface area contributed by atoms with E-state index >= 15 is 0 Å². The quantitative estimate of drug-likeness (QED) is 0.395. The lowest BCUT2D eigenvalue weighted by Gasteiger charge is -2.17. The Labute approximate surface area is 142 Å². The Morgan fingerprint density at radius 3 is 2.60 bits per heavy atom. The van der Waals surface area contributed by atoms with Crippen molar-refractivity contribution in [3.05, 3.63) is 0 Å². The van der Waals surface area contributed by atoms with Gasteiger partial charge in [0, 0.05) is 26.2 Å². The molecule has 20 heavy (non-hydrogen) atoms. The highest BCUT2D eigenvalue weighted by molar-refractivity contribution is 14.0. The van der Waals surface area contributed by atoms with Crippen LogP contribution in [0.5, 0.6) is 0 Å². The maximum atomic E-state index is 5.88. The smallest absolute Gasteiger partial charge is 0.188 e. The van der Waals surface area contributed by atoms with Gasteiger partial charge < -0.3 is 16.0 Å². The summed E-state index contributed by atoms with van der Waals surface area (Å²) in [5, 5.41) is 3.20. The average molecular weight is 396 g/mol. The molecule has 1 rings (SSSR count).